The summed E-state index contributed by atoms with van der Waals surface area (Å²) in [5.41, 5.74) is 0. The lowest BCUT2D eigenvalue weighted by Crippen LogP contribution is -2.45. The molecule has 0 radical (unpaired) electrons. The summed E-state index contributed by atoms with van der Waals surface area (Å²) < 4.78 is 90.1. The SMILES string of the molecule is [2H]C([2H])([2H])[N+](CCOP(=O)(O)OC[C@H](NC(=O)CCCCCCCCCCC/C=C\CCCCCCCC)[C@H](O)/C=C/CCCCCCCCCCCCC)(C([2H])([2H])[2H])C([2H])([2H])[2H]. The zero-order valence-electron chi connectivity index (χ0n) is 43.7. The monoisotopic (exact) mass is 795 g/mol. The van der Waals surface area contributed by atoms with Gasteiger partial charge in [-0.25, -0.2) is 4.57 Å². The second-order valence-corrected chi connectivity index (χ2v) is 16.7. The lowest BCUT2D eigenvalue weighted by Gasteiger charge is -2.25. The van der Waals surface area contributed by atoms with Crippen molar-refractivity contribution in [1.82, 2.24) is 5.32 Å². The van der Waals surface area contributed by atoms with Crippen LogP contribution >= 0.6 is 7.82 Å². The predicted molar refractivity (Wildman–Crippen MR) is 231 cm³/mol. The number of aliphatic hydroxyl groups is 1. The number of aliphatic hydroxyl groups excluding tert-OH is 1. The van der Waals surface area contributed by atoms with Gasteiger partial charge < -0.3 is 19.8 Å². The second-order valence-electron chi connectivity index (χ2n) is 15.3. The Balaban J connectivity index is 4.96. The van der Waals surface area contributed by atoms with Crippen LogP contribution < -0.4 is 5.32 Å². The smallest absolute Gasteiger partial charge is 0.387 e. The number of hydrogen-bond acceptors (Lipinski definition) is 5. The zero-order chi connectivity index (χ0) is 47.5. The number of carbonyl (C=O) groups is 1. The fraction of sp³-hybridized carbons (Fsp3) is 0.889. The van der Waals surface area contributed by atoms with Crippen LogP contribution in [0.15, 0.2) is 24.3 Å². The maximum absolute atomic E-state index is 13.0. The Morgan fingerprint density at radius 3 is 1.50 bits per heavy atom. The lowest BCUT2D eigenvalue weighted by atomic mass is 10.0. The van der Waals surface area contributed by atoms with Crippen LogP contribution in [-0.2, 0) is 18.4 Å². The third-order valence-electron chi connectivity index (χ3n) is 9.83. The first-order valence-electron chi connectivity index (χ1n) is 26.5. The van der Waals surface area contributed by atoms with E-state index in [9.17, 15) is 19.4 Å². The maximum atomic E-state index is 13.0. The molecule has 0 aromatic heterocycles. The molecule has 0 aliphatic heterocycles. The molecule has 0 aliphatic rings. The first-order chi connectivity index (χ1) is 29.8. The van der Waals surface area contributed by atoms with E-state index in [0.29, 0.717) is 12.8 Å². The largest absolute Gasteiger partial charge is 0.472 e. The number of amides is 1. The van der Waals surface area contributed by atoms with Gasteiger partial charge in [-0.3, -0.25) is 13.8 Å². The molecule has 3 atom stereocenters. The van der Waals surface area contributed by atoms with E-state index in [2.05, 4.69) is 31.3 Å². The summed E-state index contributed by atoms with van der Waals surface area (Å²) >= 11 is 0. The van der Waals surface area contributed by atoms with E-state index in [1.54, 1.807) is 6.08 Å². The van der Waals surface area contributed by atoms with E-state index in [-0.39, 0.29) is 12.3 Å². The van der Waals surface area contributed by atoms with Gasteiger partial charge in [0.25, 0.3) is 0 Å². The number of nitrogens with zero attached hydrogens (tertiary/aromatic N) is 1. The van der Waals surface area contributed by atoms with Crippen molar-refractivity contribution in [3.63, 3.8) is 0 Å². The van der Waals surface area contributed by atoms with Gasteiger partial charge >= 0.3 is 7.82 Å². The number of allylic oxidation sites excluding steroid dienone is 3. The summed E-state index contributed by atoms with van der Waals surface area (Å²) in [5, 5.41) is 13.7. The number of rotatable bonds is 41. The van der Waals surface area contributed by atoms with Crippen molar-refractivity contribution >= 4 is 13.7 Å². The highest BCUT2D eigenvalue weighted by atomic mass is 31.2. The first kappa shape index (κ1) is 38.5. The predicted octanol–water partition coefficient (Wildman–Crippen LogP) is 12.5. The van der Waals surface area contributed by atoms with Crippen LogP contribution in [0, 0.1) is 0 Å². The Morgan fingerprint density at radius 1 is 0.648 bits per heavy atom. The summed E-state index contributed by atoms with van der Waals surface area (Å²) in [7, 11) is -5.04. The lowest BCUT2D eigenvalue weighted by molar-refractivity contribution is -0.870. The topological polar surface area (TPSA) is 105 Å². The highest BCUT2D eigenvalue weighted by Crippen LogP contribution is 2.43. The minimum atomic E-state index is -5.04. The molecule has 320 valence electrons. The summed E-state index contributed by atoms with van der Waals surface area (Å²) in [6.45, 7) is -9.10. The summed E-state index contributed by atoms with van der Waals surface area (Å²) in [6, 6.07) is -1.15. The molecule has 0 bridgehead atoms. The molecule has 0 aromatic rings. The Labute approximate surface area is 347 Å². The van der Waals surface area contributed by atoms with Crippen molar-refractivity contribution in [3.8, 4) is 0 Å². The molecular formula is C45H90N2O6P+. The molecule has 54 heavy (non-hydrogen) atoms. The van der Waals surface area contributed by atoms with E-state index >= 15 is 0 Å². The van der Waals surface area contributed by atoms with Gasteiger partial charge in [-0.15, -0.1) is 0 Å². The Bertz CT molecular complexity index is 1200. The highest BCUT2D eigenvalue weighted by molar-refractivity contribution is 7.47. The number of phosphoric ester groups is 1. The van der Waals surface area contributed by atoms with Crippen molar-refractivity contribution < 1.29 is 45.2 Å². The number of carbonyl (C=O) groups excluding carboxylic acids is 1. The van der Waals surface area contributed by atoms with Gasteiger partial charge in [0, 0.05) is 6.42 Å². The molecule has 0 aromatic carbocycles. The Morgan fingerprint density at radius 2 is 1.06 bits per heavy atom. The van der Waals surface area contributed by atoms with Gasteiger partial charge in [0.15, 0.2) is 0 Å². The van der Waals surface area contributed by atoms with Gasteiger partial charge in [-0.1, -0.05) is 179 Å². The van der Waals surface area contributed by atoms with E-state index < -0.39 is 65.1 Å². The fourth-order valence-corrected chi connectivity index (χ4v) is 7.10. The van der Waals surface area contributed by atoms with E-state index in [1.807, 2.05) is 0 Å². The molecular weight excluding hydrogens is 695 g/mol. The molecule has 0 spiro atoms. The van der Waals surface area contributed by atoms with Crippen molar-refractivity contribution in [2.75, 3.05) is 40.7 Å². The van der Waals surface area contributed by atoms with Gasteiger partial charge in [-0.2, -0.15) is 0 Å². The minimum Gasteiger partial charge on any atom is -0.387 e. The van der Waals surface area contributed by atoms with Gasteiger partial charge in [0.05, 0.1) is 52.0 Å². The molecule has 1 amide bonds. The first-order valence-corrected chi connectivity index (χ1v) is 23.5. The van der Waals surface area contributed by atoms with Crippen LogP contribution in [0.1, 0.15) is 219 Å². The van der Waals surface area contributed by atoms with Gasteiger partial charge in [0.2, 0.25) is 5.91 Å². The van der Waals surface area contributed by atoms with Crippen molar-refractivity contribution in [2.45, 2.75) is 219 Å². The third-order valence-corrected chi connectivity index (χ3v) is 10.8. The van der Waals surface area contributed by atoms with Crippen LogP contribution in [0.2, 0.25) is 0 Å². The molecule has 9 heteroatoms. The maximum Gasteiger partial charge on any atom is 0.472 e. The molecule has 8 nitrogen and oxygen atoms in total. The molecule has 0 heterocycles. The van der Waals surface area contributed by atoms with Crippen molar-refractivity contribution in [3.05, 3.63) is 24.3 Å². The van der Waals surface area contributed by atoms with Crippen LogP contribution in [0.25, 0.3) is 0 Å². The molecule has 0 fully saturated rings. The third kappa shape index (κ3) is 39.2. The second kappa shape index (κ2) is 37.6. The Hall–Kier alpha value is -1.02. The number of unbranched alkanes of at least 4 members (excludes halogenated alkanes) is 26. The molecule has 0 aliphatic carbocycles. The van der Waals surface area contributed by atoms with E-state index in [4.69, 9.17) is 21.4 Å². The quantitative estimate of drug-likeness (QED) is 0.0246. The molecule has 3 N–H and O–H groups in total. The average Bonchev–Trinajstić information content (AvgIpc) is 3.19. The fourth-order valence-electron chi connectivity index (χ4n) is 6.37. The van der Waals surface area contributed by atoms with Crippen LogP contribution in [0.4, 0.5) is 0 Å². The van der Waals surface area contributed by atoms with Crippen LogP contribution in [-0.4, -0.2) is 73.2 Å². The summed E-state index contributed by atoms with van der Waals surface area (Å²) in [5.74, 6) is -0.369. The number of phosphoric acid groups is 1. The molecule has 0 saturated heterocycles. The number of nitrogens with one attached hydrogen (secondary N) is 1. The molecule has 1 unspecified atom stereocenters. The molecule has 0 rings (SSSR count). The normalized spacial score (nSPS) is 17.7. The number of quaternary nitrogens is 1. The number of likely N-dealkylation sites (N-methyl/N-ethyl adjacent to an activating group) is 1. The average molecular weight is 795 g/mol. The van der Waals surface area contributed by atoms with Crippen molar-refractivity contribution in [1.29, 1.82) is 0 Å². The van der Waals surface area contributed by atoms with Crippen molar-refractivity contribution in [2.24, 2.45) is 0 Å². The summed E-state index contributed by atoms with van der Waals surface area (Å²) in [4.78, 5) is 23.4. The van der Waals surface area contributed by atoms with Gasteiger partial charge in [0.1, 0.15) is 13.2 Å². The molecule has 0 saturated carbocycles. The standard InChI is InChI=1S/C45H89N2O6P/c1-6-8-10-12-14-16-18-20-21-22-23-24-25-27-29-31-33-35-37-39-45(49)46-43(42-53-54(50,51)52-41-40-47(3,4)5)44(48)38-36-34-32-30-28-26-19-17-15-13-11-9-7-2/h20-21,36,38,43-44,48H,6-19,22-35,37,39-42H2,1-5H3,(H-,46,49,50,51)/p+1/b21-20-,38-36+/t43-,44+/m0/s1/i3D3,4D3,5D3. The summed E-state index contributed by atoms with van der Waals surface area (Å²) in [6.07, 6.45) is 40.8. The zero-order valence-corrected chi connectivity index (χ0v) is 35.6. The van der Waals surface area contributed by atoms with E-state index in [0.717, 1.165) is 51.4 Å². The van der Waals surface area contributed by atoms with Crippen LogP contribution in [0.3, 0.4) is 0 Å². The number of hydrogen-bond donors (Lipinski definition) is 3. The van der Waals surface area contributed by atoms with E-state index in [1.165, 1.54) is 128 Å². The minimum absolute atomic E-state index is 0.185. The Kier molecular flexibility index (Phi) is 26.8. The van der Waals surface area contributed by atoms with Crippen LogP contribution in [0.5, 0.6) is 0 Å². The highest BCUT2D eigenvalue weighted by Gasteiger charge is 2.27. The van der Waals surface area contributed by atoms with Gasteiger partial charge in [-0.05, 0) is 44.9 Å².